The highest BCUT2D eigenvalue weighted by Gasteiger charge is 2.29. The van der Waals surface area contributed by atoms with Crippen LogP contribution in [0.5, 0.6) is 0 Å². The predicted molar refractivity (Wildman–Crippen MR) is 72.2 cm³/mol. The van der Waals surface area contributed by atoms with Gasteiger partial charge in [0.25, 0.3) is 5.92 Å². The molecule has 0 amide bonds. The molecule has 18 heavy (non-hydrogen) atoms. The minimum Gasteiger partial charge on any atom is -0.319 e. The first kappa shape index (κ1) is 15.1. The number of likely N-dealkylation sites (N-methyl/N-ethyl adjacent to an activating group) is 1. The molecule has 0 saturated heterocycles. The van der Waals surface area contributed by atoms with Gasteiger partial charge in [0.2, 0.25) is 0 Å². The molecular formula is C15H23F2N. The molecule has 0 aliphatic rings. The zero-order valence-corrected chi connectivity index (χ0v) is 11.5. The first-order valence-electron chi connectivity index (χ1n) is 6.68. The maximum absolute atomic E-state index is 13.7. The summed E-state index contributed by atoms with van der Waals surface area (Å²) in [5, 5.41) is 3.13. The van der Waals surface area contributed by atoms with E-state index in [1.165, 1.54) is 0 Å². The van der Waals surface area contributed by atoms with Crippen LogP contribution in [0.2, 0.25) is 0 Å². The van der Waals surface area contributed by atoms with Crippen molar-refractivity contribution in [2.75, 3.05) is 13.6 Å². The monoisotopic (exact) mass is 255 g/mol. The summed E-state index contributed by atoms with van der Waals surface area (Å²) in [5.41, 5.74) is 1.26. The lowest BCUT2D eigenvalue weighted by atomic mass is 9.94. The molecule has 1 unspecified atom stereocenters. The zero-order chi connectivity index (χ0) is 13.6. The third-order valence-corrected chi connectivity index (χ3v) is 3.31. The van der Waals surface area contributed by atoms with Gasteiger partial charge in [-0.1, -0.05) is 44.5 Å². The molecule has 1 aromatic rings. The summed E-state index contributed by atoms with van der Waals surface area (Å²) in [4.78, 5) is 0. The van der Waals surface area contributed by atoms with Crippen molar-refractivity contribution < 1.29 is 8.78 Å². The van der Waals surface area contributed by atoms with Crippen molar-refractivity contribution in [3.8, 4) is 0 Å². The highest BCUT2D eigenvalue weighted by atomic mass is 19.3. The molecule has 1 aromatic carbocycles. The summed E-state index contributed by atoms with van der Waals surface area (Å²) in [7, 11) is 1.91. The summed E-state index contributed by atoms with van der Waals surface area (Å²) in [6.45, 7) is 4.77. The maximum atomic E-state index is 13.7. The van der Waals surface area contributed by atoms with Crippen LogP contribution >= 0.6 is 0 Å². The Labute approximate surface area is 109 Å². The summed E-state index contributed by atoms with van der Waals surface area (Å²) < 4.78 is 27.4. The van der Waals surface area contributed by atoms with Gasteiger partial charge in [-0.25, -0.2) is 8.78 Å². The number of alkyl halides is 2. The highest BCUT2D eigenvalue weighted by molar-refractivity contribution is 5.28. The normalized spacial score (nSPS) is 13.6. The molecular weight excluding hydrogens is 232 g/mol. The first-order chi connectivity index (χ1) is 8.55. The fraction of sp³-hybridized carbons (Fsp3) is 0.600. The number of hydrogen-bond donors (Lipinski definition) is 1. The molecule has 1 atom stereocenters. The maximum Gasteiger partial charge on any atom is 0.273 e. The van der Waals surface area contributed by atoms with E-state index in [9.17, 15) is 8.78 Å². The number of rotatable bonds is 7. The SMILES string of the molecule is CCCC(F)(F)c1ccc(C(CC)CNC)cc1. The van der Waals surface area contributed by atoms with Crippen molar-refractivity contribution in [2.24, 2.45) is 0 Å². The fourth-order valence-corrected chi connectivity index (χ4v) is 2.20. The van der Waals surface area contributed by atoms with Crippen molar-refractivity contribution in [1.82, 2.24) is 5.32 Å². The molecule has 0 saturated carbocycles. The molecule has 0 aromatic heterocycles. The minimum atomic E-state index is -2.70. The molecule has 0 fully saturated rings. The van der Waals surface area contributed by atoms with Gasteiger partial charge in [-0.2, -0.15) is 0 Å². The van der Waals surface area contributed by atoms with Crippen molar-refractivity contribution in [2.45, 2.75) is 45.0 Å². The number of nitrogens with one attached hydrogen (secondary N) is 1. The van der Waals surface area contributed by atoms with Crippen molar-refractivity contribution in [1.29, 1.82) is 0 Å². The Hall–Kier alpha value is -0.960. The van der Waals surface area contributed by atoms with Gasteiger partial charge >= 0.3 is 0 Å². The lowest BCUT2D eigenvalue weighted by molar-refractivity contribution is -0.0140. The quantitative estimate of drug-likeness (QED) is 0.766. The summed E-state index contributed by atoms with van der Waals surface area (Å²) in [5.74, 6) is -2.30. The van der Waals surface area contributed by atoms with E-state index in [1.807, 2.05) is 19.2 Å². The van der Waals surface area contributed by atoms with E-state index in [0.717, 1.165) is 18.5 Å². The van der Waals surface area contributed by atoms with E-state index in [0.29, 0.717) is 12.3 Å². The highest BCUT2D eigenvalue weighted by Crippen LogP contribution is 2.33. The molecule has 1 N–H and O–H groups in total. The van der Waals surface area contributed by atoms with E-state index in [4.69, 9.17) is 0 Å². The summed E-state index contributed by atoms with van der Waals surface area (Å²) >= 11 is 0. The first-order valence-corrected chi connectivity index (χ1v) is 6.68. The Morgan fingerprint density at radius 3 is 2.22 bits per heavy atom. The minimum absolute atomic E-state index is 0.0833. The smallest absolute Gasteiger partial charge is 0.273 e. The van der Waals surface area contributed by atoms with E-state index >= 15 is 0 Å². The van der Waals surface area contributed by atoms with E-state index < -0.39 is 5.92 Å². The van der Waals surface area contributed by atoms with Crippen LogP contribution in [0.4, 0.5) is 8.78 Å². The van der Waals surface area contributed by atoms with Crippen LogP contribution in [0.25, 0.3) is 0 Å². The fourth-order valence-electron chi connectivity index (χ4n) is 2.20. The van der Waals surface area contributed by atoms with Gasteiger partial charge in [0.1, 0.15) is 0 Å². The third kappa shape index (κ3) is 3.77. The van der Waals surface area contributed by atoms with Crippen molar-refractivity contribution >= 4 is 0 Å². The number of benzene rings is 1. The Bertz CT molecular complexity index is 346. The Kier molecular flexibility index (Phi) is 5.73. The molecule has 0 radical (unpaired) electrons. The number of hydrogen-bond acceptors (Lipinski definition) is 1. The molecule has 3 heteroatoms. The van der Waals surface area contributed by atoms with Gasteiger partial charge in [-0.05, 0) is 24.9 Å². The third-order valence-electron chi connectivity index (χ3n) is 3.31. The molecule has 0 bridgehead atoms. The van der Waals surface area contributed by atoms with Crippen LogP contribution in [-0.4, -0.2) is 13.6 Å². The second-order valence-corrected chi connectivity index (χ2v) is 4.74. The second kappa shape index (κ2) is 6.83. The van der Waals surface area contributed by atoms with Crippen LogP contribution in [0.1, 0.15) is 50.2 Å². The Morgan fingerprint density at radius 1 is 1.17 bits per heavy atom. The van der Waals surface area contributed by atoms with Crippen LogP contribution in [0.3, 0.4) is 0 Å². The zero-order valence-electron chi connectivity index (χ0n) is 11.5. The van der Waals surface area contributed by atoms with Gasteiger partial charge in [-0.15, -0.1) is 0 Å². The van der Waals surface area contributed by atoms with Crippen LogP contribution in [0, 0.1) is 0 Å². The average Bonchev–Trinajstić information content (AvgIpc) is 2.36. The average molecular weight is 255 g/mol. The van der Waals surface area contributed by atoms with Crippen LogP contribution < -0.4 is 5.32 Å². The lowest BCUT2D eigenvalue weighted by Gasteiger charge is -2.18. The van der Waals surface area contributed by atoms with Gasteiger partial charge in [0, 0.05) is 18.5 Å². The van der Waals surface area contributed by atoms with Crippen molar-refractivity contribution in [3.63, 3.8) is 0 Å². The van der Waals surface area contributed by atoms with Gasteiger partial charge in [0.05, 0.1) is 0 Å². The van der Waals surface area contributed by atoms with Gasteiger partial charge in [-0.3, -0.25) is 0 Å². The second-order valence-electron chi connectivity index (χ2n) is 4.74. The molecule has 0 heterocycles. The van der Waals surface area contributed by atoms with Gasteiger partial charge in [0.15, 0.2) is 0 Å². The van der Waals surface area contributed by atoms with Crippen LogP contribution in [-0.2, 0) is 5.92 Å². The molecule has 1 nitrogen and oxygen atoms in total. The molecule has 0 aliphatic heterocycles. The topological polar surface area (TPSA) is 12.0 Å². The Morgan fingerprint density at radius 2 is 1.78 bits per heavy atom. The Balaban J connectivity index is 2.84. The van der Waals surface area contributed by atoms with Crippen molar-refractivity contribution in [3.05, 3.63) is 35.4 Å². The van der Waals surface area contributed by atoms with Gasteiger partial charge < -0.3 is 5.32 Å². The van der Waals surface area contributed by atoms with Crippen LogP contribution in [0.15, 0.2) is 24.3 Å². The molecule has 0 spiro atoms. The van der Waals surface area contributed by atoms with E-state index in [1.54, 1.807) is 19.1 Å². The standard InChI is InChI=1S/C15H23F2N/c1-4-10-15(16,17)14-8-6-13(7-9-14)12(5-2)11-18-3/h6-9,12,18H,4-5,10-11H2,1-3H3. The summed E-state index contributed by atoms with van der Waals surface area (Å²) in [6, 6.07) is 6.82. The van der Waals surface area contributed by atoms with E-state index in [2.05, 4.69) is 12.2 Å². The molecule has 1 rings (SSSR count). The van der Waals surface area contributed by atoms with E-state index in [-0.39, 0.29) is 12.0 Å². The largest absolute Gasteiger partial charge is 0.319 e. The molecule has 0 aliphatic carbocycles. The number of halogens is 2. The summed E-state index contributed by atoms with van der Waals surface area (Å²) in [6.07, 6.45) is 1.41. The lowest BCUT2D eigenvalue weighted by Crippen LogP contribution is -2.17. The molecule has 102 valence electrons. The predicted octanol–water partition coefficient (Wildman–Crippen LogP) is 4.29.